The Hall–Kier alpha value is -0.860. The molecule has 2 heteroatoms. The highest BCUT2D eigenvalue weighted by Gasteiger charge is 2.21. The van der Waals surface area contributed by atoms with Gasteiger partial charge in [-0.05, 0) is 49.8 Å². The third-order valence-corrected chi connectivity index (χ3v) is 4.14. The molecule has 0 saturated carbocycles. The molecular formula is C15H22N2. The second-order valence-electron chi connectivity index (χ2n) is 5.35. The van der Waals surface area contributed by atoms with Crippen LogP contribution in [0, 0.1) is 0 Å². The van der Waals surface area contributed by atoms with Crippen LogP contribution in [0.4, 0.5) is 0 Å². The Bertz CT molecular complexity index is 369. The van der Waals surface area contributed by atoms with Crippen LogP contribution in [0.3, 0.4) is 0 Å². The number of aryl methyl sites for hydroxylation is 1. The average molecular weight is 230 g/mol. The highest BCUT2D eigenvalue weighted by molar-refractivity contribution is 5.32. The first-order valence-corrected chi connectivity index (χ1v) is 6.98. The molecule has 0 aromatic heterocycles. The van der Waals surface area contributed by atoms with Crippen molar-refractivity contribution in [3.05, 3.63) is 35.4 Å². The van der Waals surface area contributed by atoms with Gasteiger partial charge in [0.2, 0.25) is 0 Å². The lowest BCUT2D eigenvalue weighted by Gasteiger charge is -2.27. The Kier molecular flexibility index (Phi) is 3.44. The second-order valence-corrected chi connectivity index (χ2v) is 5.35. The SMILES string of the molecule is c1ccc2c(c1)CCCC2NC[C@@H]1CCCN1. The van der Waals surface area contributed by atoms with Crippen LogP contribution in [-0.2, 0) is 6.42 Å². The molecule has 0 spiro atoms. The summed E-state index contributed by atoms with van der Waals surface area (Å²) in [6.45, 7) is 2.33. The second kappa shape index (κ2) is 5.19. The van der Waals surface area contributed by atoms with Gasteiger partial charge >= 0.3 is 0 Å². The minimum atomic E-state index is 0.586. The third kappa shape index (κ3) is 2.53. The Morgan fingerprint density at radius 3 is 3.00 bits per heavy atom. The van der Waals surface area contributed by atoms with E-state index in [2.05, 4.69) is 34.9 Å². The zero-order chi connectivity index (χ0) is 11.5. The summed E-state index contributed by atoms with van der Waals surface area (Å²) in [6, 6.07) is 10.2. The van der Waals surface area contributed by atoms with Gasteiger partial charge < -0.3 is 10.6 Å². The lowest BCUT2D eigenvalue weighted by atomic mass is 9.87. The molecule has 1 aliphatic heterocycles. The van der Waals surface area contributed by atoms with Crippen LogP contribution in [-0.4, -0.2) is 19.1 Å². The van der Waals surface area contributed by atoms with Gasteiger partial charge in [0.25, 0.3) is 0 Å². The first-order valence-electron chi connectivity index (χ1n) is 6.98. The van der Waals surface area contributed by atoms with Crippen LogP contribution in [0.15, 0.2) is 24.3 Å². The topological polar surface area (TPSA) is 24.1 Å². The number of nitrogens with one attached hydrogen (secondary N) is 2. The van der Waals surface area contributed by atoms with Crippen LogP contribution in [0.5, 0.6) is 0 Å². The van der Waals surface area contributed by atoms with Crippen molar-refractivity contribution in [2.24, 2.45) is 0 Å². The normalized spacial score (nSPS) is 28.0. The van der Waals surface area contributed by atoms with E-state index in [4.69, 9.17) is 0 Å². The van der Waals surface area contributed by atoms with Gasteiger partial charge in [0.05, 0.1) is 0 Å². The van der Waals surface area contributed by atoms with Gasteiger partial charge in [0, 0.05) is 18.6 Å². The smallest absolute Gasteiger partial charge is 0.0323 e. The van der Waals surface area contributed by atoms with Gasteiger partial charge in [-0.25, -0.2) is 0 Å². The molecule has 0 amide bonds. The van der Waals surface area contributed by atoms with Crippen LogP contribution >= 0.6 is 0 Å². The molecule has 1 unspecified atom stereocenters. The van der Waals surface area contributed by atoms with E-state index in [0.717, 1.165) is 6.54 Å². The first kappa shape index (κ1) is 11.2. The zero-order valence-electron chi connectivity index (χ0n) is 10.4. The molecule has 1 aromatic rings. The maximum Gasteiger partial charge on any atom is 0.0323 e. The van der Waals surface area contributed by atoms with Gasteiger partial charge in [-0.15, -0.1) is 0 Å². The maximum absolute atomic E-state index is 3.76. The van der Waals surface area contributed by atoms with Gasteiger partial charge in [0.15, 0.2) is 0 Å². The Morgan fingerprint density at radius 1 is 1.18 bits per heavy atom. The monoisotopic (exact) mass is 230 g/mol. The lowest BCUT2D eigenvalue weighted by Crippen LogP contribution is -2.36. The molecule has 1 aromatic carbocycles. The summed E-state index contributed by atoms with van der Waals surface area (Å²) >= 11 is 0. The molecule has 1 heterocycles. The van der Waals surface area contributed by atoms with Crippen molar-refractivity contribution < 1.29 is 0 Å². The molecular weight excluding hydrogens is 208 g/mol. The Balaban J connectivity index is 1.64. The quantitative estimate of drug-likeness (QED) is 0.833. The fourth-order valence-electron chi connectivity index (χ4n) is 3.18. The van der Waals surface area contributed by atoms with E-state index in [0.29, 0.717) is 12.1 Å². The first-order chi connectivity index (χ1) is 8.43. The molecule has 3 rings (SSSR count). The van der Waals surface area contributed by atoms with Crippen molar-refractivity contribution in [1.29, 1.82) is 0 Å². The third-order valence-electron chi connectivity index (χ3n) is 4.14. The van der Waals surface area contributed by atoms with E-state index in [9.17, 15) is 0 Å². The summed E-state index contributed by atoms with van der Waals surface area (Å²) in [5.41, 5.74) is 3.09. The summed E-state index contributed by atoms with van der Waals surface area (Å²) in [6.07, 6.45) is 6.56. The van der Waals surface area contributed by atoms with Crippen LogP contribution in [0.1, 0.15) is 42.9 Å². The van der Waals surface area contributed by atoms with Crippen molar-refractivity contribution in [3.63, 3.8) is 0 Å². The van der Waals surface area contributed by atoms with Gasteiger partial charge in [0.1, 0.15) is 0 Å². The molecule has 2 nitrogen and oxygen atoms in total. The molecule has 1 saturated heterocycles. The fourth-order valence-corrected chi connectivity index (χ4v) is 3.18. The van der Waals surface area contributed by atoms with Crippen molar-refractivity contribution in [1.82, 2.24) is 10.6 Å². The average Bonchev–Trinajstić information content (AvgIpc) is 2.89. The molecule has 0 bridgehead atoms. The number of hydrogen-bond acceptors (Lipinski definition) is 2. The molecule has 92 valence electrons. The van der Waals surface area contributed by atoms with Gasteiger partial charge in [-0.3, -0.25) is 0 Å². The minimum Gasteiger partial charge on any atom is -0.313 e. The molecule has 2 aliphatic rings. The van der Waals surface area contributed by atoms with Crippen LogP contribution < -0.4 is 10.6 Å². The summed E-state index contributed by atoms with van der Waals surface area (Å²) in [5.74, 6) is 0. The standard InChI is InChI=1S/C15H22N2/c1-2-8-14-12(5-1)6-3-9-15(14)17-11-13-7-4-10-16-13/h1-2,5,8,13,15-17H,3-4,6-7,9-11H2/t13-,15?/m0/s1. The Morgan fingerprint density at radius 2 is 2.12 bits per heavy atom. The lowest BCUT2D eigenvalue weighted by molar-refractivity contribution is 0.426. The number of fused-ring (bicyclic) bond motifs is 1. The van der Waals surface area contributed by atoms with Crippen LogP contribution in [0.2, 0.25) is 0 Å². The summed E-state index contributed by atoms with van der Waals surface area (Å²) in [4.78, 5) is 0. The Labute approximate surface area is 104 Å². The van der Waals surface area contributed by atoms with Crippen LogP contribution in [0.25, 0.3) is 0 Å². The highest BCUT2D eigenvalue weighted by atomic mass is 15.0. The molecule has 2 N–H and O–H groups in total. The van der Waals surface area contributed by atoms with Crippen molar-refractivity contribution in [3.8, 4) is 0 Å². The van der Waals surface area contributed by atoms with E-state index in [1.54, 1.807) is 5.56 Å². The molecule has 17 heavy (non-hydrogen) atoms. The predicted molar refractivity (Wildman–Crippen MR) is 71.1 cm³/mol. The summed E-state index contributed by atoms with van der Waals surface area (Å²) in [5, 5.41) is 7.31. The molecule has 0 radical (unpaired) electrons. The van der Waals surface area contributed by atoms with E-state index in [1.807, 2.05) is 0 Å². The largest absolute Gasteiger partial charge is 0.313 e. The van der Waals surface area contributed by atoms with E-state index < -0.39 is 0 Å². The maximum atomic E-state index is 3.76. The van der Waals surface area contributed by atoms with E-state index >= 15 is 0 Å². The highest BCUT2D eigenvalue weighted by Crippen LogP contribution is 2.29. The fraction of sp³-hybridized carbons (Fsp3) is 0.600. The van der Waals surface area contributed by atoms with Gasteiger partial charge in [-0.2, -0.15) is 0 Å². The zero-order valence-corrected chi connectivity index (χ0v) is 10.4. The number of benzene rings is 1. The molecule has 1 aliphatic carbocycles. The molecule has 1 fully saturated rings. The number of hydrogen-bond donors (Lipinski definition) is 2. The predicted octanol–water partition coefficient (Wildman–Crippen LogP) is 2.41. The van der Waals surface area contributed by atoms with E-state index in [1.165, 1.54) is 44.2 Å². The van der Waals surface area contributed by atoms with Crippen molar-refractivity contribution in [2.45, 2.75) is 44.2 Å². The van der Waals surface area contributed by atoms with E-state index in [-0.39, 0.29) is 0 Å². The van der Waals surface area contributed by atoms with Crippen molar-refractivity contribution in [2.75, 3.05) is 13.1 Å². The number of rotatable bonds is 3. The van der Waals surface area contributed by atoms with Crippen molar-refractivity contribution >= 4 is 0 Å². The molecule has 2 atom stereocenters. The van der Waals surface area contributed by atoms with Gasteiger partial charge in [-0.1, -0.05) is 24.3 Å². The minimum absolute atomic E-state index is 0.586. The summed E-state index contributed by atoms with van der Waals surface area (Å²) < 4.78 is 0. The summed E-state index contributed by atoms with van der Waals surface area (Å²) in [7, 11) is 0.